The minimum absolute atomic E-state index is 0.0662. The van der Waals surface area contributed by atoms with Crippen LogP contribution in [0.2, 0.25) is 5.02 Å². The molecule has 1 aromatic carbocycles. The van der Waals surface area contributed by atoms with Crippen molar-refractivity contribution >= 4 is 23.3 Å². The number of carbonyl (C=O) groups excluding carboxylic acids is 1. The highest BCUT2D eigenvalue weighted by Gasteiger charge is 2.15. The molecule has 2 heterocycles. The minimum Gasteiger partial charge on any atom is -0.379 e. The molecular weight excluding hydrogens is 328 g/mol. The zero-order valence-corrected chi connectivity index (χ0v) is 14.6. The Bertz CT molecular complexity index is 738. The predicted octanol–water partition coefficient (Wildman–Crippen LogP) is 2.41. The van der Waals surface area contributed by atoms with Crippen LogP contribution in [0.3, 0.4) is 0 Å². The average Bonchev–Trinajstić information content (AvgIpc) is 2.91. The van der Waals surface area contributed by atoms with Crippen LogP contribution in [0.5, 0.6) is 0 Å². The Kier molecular flexibility index (Phi) is 5.18. The number of aryl methyl sites for hydroxylation is 2. The maximum absolute atomic E-state index is 12.2. The van der Waals surface area contributed by atoms with Crippen LogP contribution in [0, 0.1) is 13.8 Å². The summed E-state index contributed by atoms with van der Waals surface area (Å²) in [6, 6.07) is 7.64. The van der Waals surface area contributed by atoms with Crippen molar-refractivity contribution in [3.63, 3.8) is 0 Å². The summed E-state index contributed by atoms with van der Waals surface area (Å²) in [6.45, 7) is 7.17. The third kappa shape index (κ3) is 3.95. The van der Waals surface area contributed by atoms with E-state index in [4.69, 9.17) is 16.3 Å². The summed E-state index contributed by atoms with van der Waals surface area (Å²) in [5.41, 5.74) is 2.82. The highest BCUT2D eigenvalue weighted by Crippen LogP contribution is 2.21. The molecule has 1 aliphatic heterocycles. The standard InChI is InChI=1S/C17H21ClN4O2/c1-12-3-4-14(10-15(12)18)22-13(2)9-16(20-22)19-17(23)11-21-5-7-24-8-6-21/h3-4,9-10H,5-8,11H2,1-2H3,(H,19,20,23). The lowest BCUT2D eigenvalue weighted by molar-refractivity contribution is -0.118. The summed E-state index contributed by atoms with van der Waals surface area (Å²) in [6.07, 6.45) is 0. The van der Waals surface area contributed by atoms with E-state index in [1.165, 1.54) is 0 Å². The molecule has 128 valence electrons. The number of rotatable bonds is 4. The molecule has 1 saturated heterocycles. The molecule has 0 unspecified atom stereocenters. The average molecular weight is 349 g/mol. The first-order valence-corrected chi connectivity index (χ1v) is 8.34. The zero-order chi connectivity index (χ0) is 17.1. The third-order valence-electron chi connectivity index (χ3n) is 4.03. The zero-order valence-electron chi connectivity index (χ0n) is 13.9. The third-order valence-corrected chi connectivity index (χ3v) is 4.43. The number of hydrogen-bond acceptors (Lipinski definition) is 4. The maximum Gasteiger partial charge on any atom is 0.239 e. The fourth-order valence-corrected chi connectivity index (χ4v) is 2.83. The van der Waals surface area contributed by atoms with E-state index >= 15 is 0 Å². The van der Waals surface area contributed by atoms with Gasteiger partial charge in [0.05, 0.1) is 25.4 Å². The van der Waals surface area contributed by atoms with Gasteiger partial charge in [-0.25, -0.2) is 4.68 Å². The van der Waals surface area contributed by atoms with Crippen LogP contribution in [0.1, 0.15) is 11.3 Å². The molecule has 1 aromatic heterocycles. The quantitative estimate of drug-likeness (QED) is 0.921. The van der Waals surface area contributed by atoms with Crippen molar-refractivity contribution in [2.45, 2.75) is 13.8 Å². The van der Waals surface area contributed by atoms with E-state index in [-0.39, 0.29) is 5.91 Å². The highest BCUT2D eigenvalue weighted by atomic mass is 35.5. The number of nitrogens with one attached hydrogen (secondary N) is 1. The lowest BCUT2D eigenvalue weighted by Crippen LogP contribution is -2.41. The first-order chi connectivity index (χ1) is 11.5. The van der Waals surface area contributed by atoms with E-state index in [1.807, 2.05) is 38.1 Å². The van der Waals surface area contributed by atoms with Crippen LogP contribution in [-0.2, 0) is 9.53 Å². The summed E-state index contributed by atoms with van der Waals surface area (Å²) in [7, 11) is 0. The Balaban J connectivity index is 1.69. The molecule has 2 aromatic rings. The van der Waals surface area contributed by atoms with Gasteiger partial charge in [-0.3, -0.25) is 9.69 Å². The van der Waals surface area contributed by atoms with Gasteiger partial charge in [0.15, 0.2) is 5.82 Å². The van der Waals surface area contributed by atoms with Crippen LogP contribution in [0.25, 0.3) is 5.69 Å². The number of nitrogens with zero attached hydrogens (tertiary/aromatic N) is 3. The van der Waals surface area contributed by atoms with Crippen molar-refractivity contribution in [3.05, 3.63) is 40.5 Å². The number of ether oxygens (including phenoxy) is 1. The van der Waals surface area contributed by atoms with Gasteiger partial charge in [0, 0.05) is 29.9 Å². The Morgan fingerprint density at radius 3 is 2.75 bits per heavy atom. The molecule has 1 aliphatic rings. The van der Waals surface area contributed by atoms with E-state index in [2.05, 4.69) is 15.3 Å². The number of anilines is 1. The summed E-state index contributed by atoms with van der Waals surface area (Å²) in [5.74, 6) is 0.478. The fourth-order valence-electron chi connectivity index (χ4n) is 2.66. The SMILES string of the molecule is Cc1ccc(-n2nc(NC(=O)CN3CCOCC3)cc2C)cc1Cl. The van der Waals surface area contributed by atoms with Crippen molar-refractivity contribution in [2.24, 2.45) is 0 Å². The Morgan fingerprint density at radius 1 is 1.29 bits per heavy atom. The number of morpholine rings is 1. The second-order valence-electron chi connectivity index (χ2n) is 5.95. The number of halogens is 1. The van der Waals surface area contributed by atoms with E-state index in [1.54, 1.807) is 4.68 Å². The molecule has 1 fully saturated rings. The smallest absolute Gasteiger partial charge is 0.239 e. The van der Waals surface area contributed by atoms with Gasteiger partial charge in [0.2, 0.25) is 5.91 Å². The van der Waals surface area contributed by atoms with Gasteiger partial charge in [-0.2, -0.15) is 0 Å². The predicted molar refractivity (Wildman–Crippen MR) is 93.9 cm³/mol. The van der Waals surface area contributed by atoms with Crippen molar-refractivity contribution < 1.29 is 9.53 Å². The second-order valence-corrected chi connectivity index (χ2v) is 6.36. The molecule has 24 heavy (non-hydrogen) atoms. The van der Waals surface area contributed by atoms with Gasteiger partial charge < -0.3 is 10.1 Å². The normalized spacial score (nSPS) is 15.5. The van der Waals surface area contributed by atoms with Crippen molar-refractivity contribution in [1.82, 2.24) is 14.7 Å². The van der Waals surface area contributed by atoms with E-state index in [9.17, 15) is 4.79 Å². The molecular formula is C17H21ClN4O2. The summed E-state index contributed by atoms with van der Waals surface area (Å²) in [5, 5.41) is 8.02. The molecule has 7 heteroatoms. The van der Waals surface area contributed by atoms with Crippen molar-refractivity contribution in [3.8, 4) is 5.69 Å². The van der Waals surface area contributed by atoms with Crippen LogP contribution >= 0.6 is 11.6 Å². The number of carbonyl (C=O) groups is 1. The van der Waals surface area contributed by atoms with Crippen LogP contribution in [-0.4, -0.2) is 53.4 Å². The maximum atomic E-state index is 12.2. The van der Waals surface area contributed by atoms with Gasteiger partial charge in [0.25, 0.3) is 0 Å². The number of amides is 1. The topological polar surface area (TPSA) is 59.4 Å². The monoisotopic (exact) mass is 348 g/mol. The first kappa shape index (κ1) is 17.0. The highest BCUT2D eigenvalue weighted by molar-refractivity contribution is 6.31. The van der Waals surface area contributed by atoms with Crippen LogP contribution < -0.4 is 5.32 Å². The van der Waals surface area contributed by atoms with Gasteiger partial charge in [-0.15, -0.1) is 5.10 Å². The largest absolute Gasteiger partial charge is 0.379 e. The molecule has 0 saturated carbocycles. The lowest BCUT2D eigenvalue weighted by atomic mass is 10.2. The van der Waals surface area contributed by atoms with E-state index in [0.717, 1.165) is 30.0 Å². The molecule has 0 radical (unpaired) electrons. The Morgan fingerprint density at radius 2 is 2.04 bits per heavy atom. The molecule has 6 nitrogen and oxygen atoms in total. The molecule has 0 spiro atoms. The summed E-state index contributed by atoms with van der Waals surface area (Å²) in [4.78, 5) is 14.2. The Labute approximate surface area is 146 Å². The summed E-state index contributed by atoms with van der Waals surface area (Å²) < 4.78 is 7.06. The molecule has 0 atom stereocenters. The van der Waals surface area contributed by atoms with Crippen molar-refractivity contribution in [2.75, 3.05) is 38.2 Å². The molecule has 0 aliphatic carbocycles. The molecule has 1 amide bonds. The Hall–Kier alpha value is -1.89. The van der Waals surface area contributed by atoms with Gasteiger partial charge in [-0.05, 0) is 31.5 Å². The van der Waals surface area contributed by atoms with E-state index < -0.39 is 0 Å². The number of aromatic nitrogens is 2. The van der Waals surface area contributed by atoms with E-state index in [0.29, 0.717) is 30.6 Å². The van der Waals surface area contributed by atoms with Gasteiger partial charge >= 0.3 is 0 Å². The van der Waals surface area contributed by atoms with Crippen molar-refractivity contribution in [1.29, 1.82) is 0 Å². The molecule has 3 rings (SSSR count). The fraction of sp³-hybridized carbons (Fsp3) is 0.412. The number of hydrogen-bond donors (Lipinski definition) is 1. The summed E-state index contributed by atoms with van der Waals surface area (Å²) >= 11 is 6.19. The minimum atomic E-state index is -0.0662. The van der Waals surface area contributed by atoms with Gasteiger partial charge in [-0.1, -0.05) is 17.7 Å². The van der Waals surface area contributed by atoms with Crippen LogP contribution in [0.4, 0.5) is 5.82 Å². The molecule has 1 N–H and O–H groups in total. The number of benzene rings is 1. The van der Waals surface area contributed by atoms with Crippen LogP contribution in [0.15, 0.2) is 24.3 Å². The second kappa shape index (κ2) is 7.34. The molecule has 0 bridgehead atoms. The lowest BCUT2D eigenvalue weighted by Gasteiger charge is -2.25. The van der Waals surface area contributed by atoms with Gasteiger partial charge in [0.1, 0.15) is 0 Å². The first-order valence-electron chi connectivity index (χ1n) is 7.96.